The van der Waals surface area contributed by atoms with Crippen LogP contribution in [0.3, 0.4) is 0 Å². The third-order valence-corrected chi connectivity index (χ3v) is 9.04. The second-order valence-corrected chi connectivity index (χ2v) is 10.9. The van der Waals surface area contributed by atoms with Crippen LogP contribution in [0.25, 0.3) is 54.6 Å². The number of aryl methyl sites for hydroxylation is 2. The van der Waals surface area contributed by atoms with Gasteiger partial charge in [-0.2, -0.15) is 0 Å². The Bertz CT molecular complexity index is 1650. The zero-order chi connectivity index (χ0) is 23.6. The van der Waals surface area contributed by atoms with Gasteiger partial charge in [0.25, 0.3) is 0 Å². The first-order valence-corrected chi connectivity index (χ1v) is 13.8. The summed E-state index contributed by atoms with van der Waals surface area (Å²) in [5.41, 5.74) is 12.0. The lowest BCUT2D eigenvalue weighted by atomic mass is 9.81. The molecule has 0 spiro atoms. The van der Waals surface area contributed by atoms with Crippen LogP contribution in [0.1, 0.15) is 47.9 Å². The smallest absolute Gasteiger partial charge is 0.00203 e. The minimum absolute atomic E-state index is 1.21. The molecule has 0 fully saturated rings. The molecule has 0 atom stereocenters. The molecule has 2 aliphatic rings. The molecular formula is C36H30. The quantitative estimate of drug-likeness (QED) is 0.225. The van der Waals surface area contributed by atoms with Crippen molar-refractivity contribution in [1.29, 1.82) is 0 Å². The summed E-state index contributed by atoms with van der Waals surface area (Å²) in [7, 11) is 0. The SMILES string of the molecule is c1cc2c(c(-c3ccc4ccc5ccc(-c6cccc7c6CCCC7)c6ccc3c4c56)c1)CCCC2. The Morgan fingerprint density at radius 2 is 0.806 bits per heavy atom. The molecule has 0 heteroatoms. The van der Waals surface area contributed by atoms with E-state index in [2.05, 4.69) is 84.9 Å². The normalized spacial score (nSPS) is 15.4. The van der Waals surface area contributed by atoms with Crippen LogP contribution in [0.4, 0.5) is 0 Å². The second-order valence-electron chi connectivity index (χ2n) is 10.9. The zero-order valence-electron chi connectivity index (χ0n) is 20.7. The van der Waals surface area contributed by atoms with Gasteiger partial charge < -0.3 is 0 Å². The van der Waals surface area contributed by atoms with Gasteiger partial charge in [-0.25, -0.2) is 0 Å². The summed E-state index contributed by atoms with van der Waals surface area (Å²) < 4.78 is 0. The lowest BCUT2D eigenvalue weighted by Gasteiger charge is -2.23. The van der Waals surface area contributed by atoms with Gasteiger partial charge >= 0.3 is 0 Å². The van der Waals surface area contributed by atoms with Crippen molar-refractivity contribution in [2.24, 2.45) is 0 Å². The van der Waals surface area contributed by atoms with Crippen molar-refractivity contribution in [1.82, 2.24) is 0 Å². The maximum Gasteiger partial charge on any atom is -0.00203 e. The first-order valence-electron chi connectivity index (χ1n) is 13.8. The van der Waals surface area contributed by atoms with Crippen LogP contribution in [0, 0.1) is 0 Å². The van der Waals surface area contributed by atoms with E-state index in [9.17, 15) is 0 Å². The Kier molecular flexibility index (Phi) is 4.53. The van der Waals surface area contributed by atoms with Gasteiger partial charge in [0, 0.05) is 0 Å². The van der Waals surface area contributed by atoms with E-state index in [0.717, 1.165) is 0 Å². The fourth-order valence-corrected chi connectivity index (χ4v) is 7.34. The van der Waals surface area contributed by atoms with Gasteiger partial charge in [0.1, 0.15) is 0 Å². The average Bonchev–Trinajstić information content (AvgIpc) is 2.95. The highest BCUT2D eigenvalue weighted by atomic mass is 14.2. The fraction of sp³-hybridized carbons (Fsp3) is 0.222. The number of rotatable bonds is 2. The Balaban J connectivity index is 1.43. The van der Waals surface area contributed by atoms with Gasteiger partial charge in [-0.3, -0.25) is 0 Å². The number of hydrogen-bond donors (Lipinski definition) is 0. The van der Waals surface area contributed by atoms with Crippen molar-refractivity contribution in [2.75, 3.05) is 0 Å². The molecule has 0 aromatic heterocycles. The Morgan fingerprint density at radius 3 is 1.31 bits per heavy atom. The van der Waals surface area contributed by atoms with Crippen molar-refractivity contribution < 1.29 is 0 Å². The maximum atomic E-state index is 2.42. The molecule has 0 unspecified atom stereocenters. The fourth-order valence-electron chi connectivity index (χ4n) is 7.34. The van der Waals surface area contributed by atoms with E-state index >= 15 is 0 Å². The number of hydrogen-bond acceptors (Lipinski definition) is 0. The zero-order valence-corrected chi connectivity index (χ0v) is 20.7. The molecule has 0 amide bonds. The van der Waals surface area contributed by atoms with Crippen LogP contribution < -0.4 is 0 Å². The summed E-state index contributed by atoms with van der Waals surface area (Å²) >= 11 is 0. The van der Waals surface area contributed by atoms with E-state index in [4.69, 9.17) is 0 Å². The van der Waals surface area contributed by atoms with Gasteiger partial charge in [-0.15, -0.1) is 0 Å². The largest absolute Gasteiger partial charge is 0.0614 e. The Labute approximate surface area is 212 Å². The Morgan fingerprint density at radius 1 is 0.361 bits per heavy atom. The maximum absolute atomic E-state index is 2.42. The third kappa shape index (κ3) is 2.94. The summed E-state index contributed by atoms with van der Waals surface area (Å²) in [5, 5.41) is 8.37. The van der Waals surface area contributed by atoms with E-state index < -0.39 is 0 Å². The molecule has 0 saturated heterocycles. The molecule has 2 aliphatic carbocycles. The van der Waals surface area contributed by atoms with Gasteiger partial charge in [0.15, 0.2) is 0 Å². The lowest BCUT2D eigenvalue weighted by Crippen LogP contribution is -2.04. The predicted octanol–water partition coefficient (Wildman–Crippen LogP) is 9.68. The van der Waals surface area contributed by atoms with Crippen LogP contribution in [-0.4, -0.2) is 0 Å². The van der Waals surface area contributed by atoms with Gasteiger partial charge in [-0.05, 0) is 128 Å². The van der Waals surface area contributed by atoms with Crippen molar-refractivity contribution in [3.05, 3.63) is 107 Å². The van der Waals surface area contributed by atoms with E-state index in [-0.39, 0.29) is 0 Å². The third-order valence-electron chi connectivity index (χ3n) is 9.04. The monoisotopic (exact) mass is 462 g/mol. The number of fused-ring (bicyclic) bond motifs is 2. The van der Waals surface area contributed by atoms with Crippen molar-refractivity contribution in [3.8, 4) is 22.3 Å². The van der Waals surface area contributed by atoms with Crippen LogP contribution in [0.5, 0.6) is 0 Å². The first kappa shape index (κ1) is 20.5. The molecular weight excluding hydrogens is 432 g/mol. The van der Waals surface area contributed by atoms with E-state index in [1.807, 2.05) is 0 Å². The lowest BCUT2D eigenvalue weighted by molar-refractivity contribution is 0.687. The Hall–Kier alpha value is -3.64. The van der Waals surface area contributed by atoms with Gasteiger partial charge in [-0.1, -0.05) is 84.9 Å². The molecule has 0 radical (unpaired) electrons. The summed E-state index contributed by atoms with van der Waals surface area (Å²) in [6, 6.07) is 32.9. The molecule has 0 N–H and O–H groups in total. The summed E-state index contributed by atoms with van der Waals surface area (Å²) in [6.07, 6.45) is 10.1. The molecule has 0 heterocycles. The summed E-state index contributed by atoms with van der Waals surface area (Å²) in [6.45, 7) is 0. The molecule has 174 valence electrons. The highest BCUT2D eigenvalue weighted by molar-refractivity contribution is 6.27. The van der Waals surface area contributed by atoms with Crippen molar-refractivity contribution >= 4 is 32.3 Å². The highest BCUT2D eigenvalue weighted by Crippen LogP contribution is 2.44. The van der Waals surface area contributed by atoms with Crippen LogP contribution in [-0.2, 0) is 25.7 Å². The molecule has 6 aromatic rings. The van der Waals surface area contributed by atoms with Crippen LogP contribution in [0.15, 0.2) is 84.9 Å². The summed E-state index contributed by atoms with van der Waals surface area (Å²) in [4.78, 5) is 0. The predicted molar refractivity (Wildman–Crippen MR) is 154 cm³/mol. The molecule has 0 aliphatic heterocycles. The second kappa shape index (κ2) is 7.93. The van der Waals surface area contributed by atoms with Crippen LogP contribution in [0.2, 0.25) is 0 Å². The minimum Gasteiger partial charge on any atom is -0.0614 e. The highest BCUT2D eigenvalue weighted by Gasteiger charge is 2.20. The van der Waals surface area contributed by atoms with Gasteiger partial charge in [0.2, 0.25) is 0 Å². The van der Waals surface area contributed by atoms with Crippen molar-refractivity contribution in [2.45, 2.75) is 51.4 Å². The van der Waals surface area contributed by atoms with E-state index in [0.29, 0.717) is 0 Å². The summed E-state index contributed by atoms with van der Waals surface area (Å²) in [5.74, 6) is 0. The molecule has 8 rings (SSSR count). The number of benzene rings is 6. The van der Waals surface area contributed by atoms with Crippen LogP contribution >= 0.6 is 0 Å². The molecule has 0 nitrogen and oxygen atoms in total. The standard InChI is InChI=1S/C36H30/c1-3-11-27-23(7-1)9-5-13-29(27)31-19-17-25-15-16-26-18-20-32(34-22-21-33(31)35(25)36(26)34)30-14-6-10-24-8-2-4-12-28(24)30/h5-6,9-10,13-22H,1-4,7-8,11-12H2. The van der Waals surface area contributed by atoms with E-state index in [1.165, 1.54) is 106 Å². The average molecular weight is 463 g/mol. The molecule has 0 saturated carbocycles. The van der Waals surface area contributed by atoms with E-state index in [1.54, 1.807) is 22.3 Å². The molecule has 36 heavy (non-hydrogen) atoms. The first-order chi connectivity index (χ1) is 17.9. The van der Waals surface area contributed by atoms with Gasteiger partial charge in [0.05, 0.1) is 0 Å². The topological polar surface area (TPSA) is 0 Å². The molecule has 6 aromatic carbocycles. The van der Waals surface area contributed by atoms with Crippen molar-refractivity contribution in [3.63, 3.8) is 0 Å². The minimum atomic E-state index is 1.21. The molecule has 0 bridgehead atoms.